The highest BCUT2D eigenvalue weighted by atomic mass is 19.1. The molecule has 3 nitrogen and oxygen atoms in total. The molecule has 3 aliphatic rings. The fourth-order valence-corrected chi connectivity index (χ4v) is 4.72. The maximum Gasteiger partial charge on any atom is 0.231 e. The first-order valence-electron chi connectivity index (χ1n) is 8.90. The van der Waals surface area contributed by atoms with Crippen molar-refractivity contribution in [3.05, 3.63) is 35.6 Å². The number of piperidine rings is 1. The minimum atomic E-state index is -0.437. The summed E-state index contributed by atoms with van der Waals surface area (Å²) in [7, 11) is 0. The van der Waals surface area contributed by atoms with E-state index in [2.05, 4.69) is 10.2 Å². The molecule has 23 heavy (non-hydrogen) atoms. The Labute approximate surface area is 137 Å². The van der Waals surface area contributed by atoms with Crippen LogP contribution in [0, 0.1) is 23.1 Å². The third-order valence-corrected chi connectivity index (χ3v) is 6.00. The number of halogens is 1. The molecule has 1 aromatic carbocycles. The minimum absolute atomic E-state index is 0.193. The maximum absolute atomic E-state index is 14.0. The fourth-order valence-electron chi connectivity index (χ4n) is 4.72. The predicted molar refractivity (Wildman–Crippen MR) is 87.4 cm³/mol. The van der Waals surface area contributed by atoms with Crippen molar-refractivity contribution < 1.29 is 9.18 Å². The summed E-state index contributed by atoms with van der Waals surface area (Å²) in [6.45, 7) is 3.17. The van der Waals surface area contributed by atoms with Crippen LogP contribution in [0.15, 0.2) is 24.3 Å². The molecule has 0 aromatic heterocycles. The molecule has 2 heterocycles. The number of fused-ring (bicyclic) bond motifs is 2. The molecule has 2 unspecified atom stereocenters. The average Bonchev–Trinajstić information content (AvgIpc) is 2.51. The van der Waals surface area contributed by atoms with E-state index in [4.69, 9.17) is 0 Å². The topological polar surface area (TPSA) is 32.3 Å². The van der Waals surface area contributed by atoms with Crippen LogP contribution in [0.2, 0.25) is 0 Å². The number of hydrogen-bond acceptors (Lipinski definition) is 2. The molecule has 3 fully saturated rings. The van der Waals surface area contributed by atoms with E-state index in [1.807, 2.05) is 12.1 Å². The number of likely N-dealkylation sites (tertiary alicyclic amines) is 1. The summed E-state index contributed by atoms with van der Waals surface area (Å²) in [6.07, 6.45) is 5.65. The Morgan fingerprint density at radius 3 is 2.52 bits per heavy atom. The van der Waals surface area contributed by atoms with Crippen LogP contribution in [0.25, 0.3) is 0 Å². The molecule has 1 aromatic rings. The van der Waals surface area contributed by atoms with Crippen LogP contribution in [0.3, 0.4) is 0 Å². The predicted octanol–water partition coefficient (Wildman–Crippen LogP) is 2.61. The number of nitrogens with one attached hydrogen (secondary N) is 1. The van der Waals surface area contributed by atoms with E-state index >= 15 is 0 Å². The highest BCUT2D eigenvalue weighted by Gasteiger charge is 2.48. The zero-order chi connectivity index (χ0) is 15.9. The Balaban J connectivity index is 1.52. The van der Waals surface area contributed by atoms with Crippen molar-refractivity contribution in [2.24, 2.45) is 17.3 Å². The third-order valence-electron chi connectivity index (χ3n) is 6.00. The van der Waals surface area contributed by atoms with Crippen molar-refractivity contribution in [3.8, 4) is 0 Å². The lowest BCUT2D eigenvalue weighted by Crippen LogP contribution is -2.64. The van der Waals surface area contributed by atoms with E-state index in [0.717, 1.165) is 13.1 Å². The van der Waals surface area contributed by atoms with Crippen molar-refractivity contribution in [2.45, 2.75) is 32.1 Å². The summed E-state index contributed by atoms with van der Waals surface area (Å²) in [5.74, 6) is 1.42. The lowest BCUT2D eigenvalue weighted by Gasteiger charge is -2.48. The van der Waals surface area contributed by atoms with E-state index in [1.165, 1.54) is 31.7 Å². The molecule has 4 rings (SSSR count). The first-order chi connectivity index (χ1) is 11.2. The summed E-state index contributed by atoms with van der Waals surface area (Å²) in [6, 6.07) is 6.87. The summed E-state index contributed by atoms with van der Waals surface area (Å²) in [4.78, 5) is 15.3. The van der Waals surface area contributed by atoms with Crippen molar-refractivity contribution in [1.82, 2.24) is 10.2 Å². The van der Waals surface area contributed by atoms with Gasteiger partial charge in [0, 0.05) is 26.2 Å². The number of rotatable bonds is 3. The lowest BCUT2D eigenvalue weighted by atomic mass is 9.72. The van der Waals surface area contributed by atoms with Gasteiger partial charge in [-0.2, -0.15) is 0 Å². The van der Waals surface area contributed by atoms with Gasteiger partial charge in [0.15, 0.2) is 0 Å². The van der Waals surface area contributed by atoms with Gasteiger partial charge in [0.2, 0.25) is 5.91 Å². The Morgan fingerprint density at radius 1 is 1.22 bits per heavy atom. The van der Waals surface area contributed by atoms with Crippen molar-refractivity contribution in [3.63, 3.8) is 0 Å². The standard InChI is InChI=1S/C19H25FN2O/c20-17-7-2-1-6-16(17)9-19(12-21-13-19)18(23)22-10-14-4-3-5-15(8-14)11-22/h1-2,6-7,14-15,21H,3-5,8-13H2. The molecule has 0 radical (unpaired) electrons. The minimum Gasteiger partial charge on any atom is -0.342 e. The molecule has 124 valence electrons. The molecule has 2 aliphatic heterocycles. The fraction of sp³-hybridized carbons (Fsp3) is 0.632. The maximum atomic E-state index is 14.0. The average molecular weight is 316 g/mol. The van der Waals surface area contributed by atoms with Crippen LogP contribution in [0.5, 0.6) is 0 Å². The van der Waals surface area contributed by atoms with Crippen LogP contribution in [0.1, 0.15) is 31.2 Å². The highest BCUT2D eigenvalue weighted by Crippen LogP contribution is 2.38. The van der Waals surface area contributed by atoms with Gasteiger partial charge in [0.25, 0.3) is 0 Å². The Morgan fingerprint density at radius 2 is 1.91 bits per heavy atom. The second-order valence-corrected chi connectivity index (χ2v) is 7.76. The number of nitrogens with zero attached hydrogens (tertiary/aromatic N) is 1. The van der Waals surface area contributed by atoms with Crippen molar-refractivity contribution >= 4 is 5.91 Å². The second-order valence-electron chi connectivity index (χ2n) is 7.76. The summed E-state index contributed by atoms with van der Waals surface area (Å²) in [5, 5.41) is 3.24. The third kappa shape index (κ3) is 2.78. The largest absolute Gasteiger partial charge is 0.342 e. The molecule has 1 N–H and O–H groups in total. The van der Waals surface area contributed by atoms with E-state index < -0.39 is 5.41 Å². The molecule has 4 heteroatoms. The van der Waals surface area contributed by atoms with Crippen LogP contribution < -0.4 is 5.32 Å². The van der Waals surface area contributed by atoms with Gasteiger partial charge in [-0.15, -0.1) is 0 Å². The van der Waals surface area contributed by atoms with Gasteiger partial charge >= 0.3 is 0 Å². The number of hydrogen-bond donors (Lipinski definition) is 1. The van der Waals surface area contributed by atoms with Crippen molar-refractivity contribution in [1.29, 1.82) is 0 Å². The van der Waals surface area contributed by atoms with E-state index in [-0.39, 0.29) is 11.7 Å². The van der Waals surface area contributed by atoms with Crippen LogP contribution in [0.4, 0.5) is 4.39 Å². The van der Waals surface area contributed by atoms with Gasteiger partial charge in [-0.1, -0.05) is 24.6 Å². The zero-order valence-corrected chi connectivity index (χ0v) is 13.6. The molecule has 0 spiro atoms. The Bertz CT molecular complexity index is 587. The van der Waals surface area contributed by atoms with Gasteiger partial charge in [-0.25, -0.2) is 4.39 Å². The lowest BCUT2D eigenvalue weighted by molar-refractivity contribution is -0.149. The van der Waals surface area contributed by atoms with E-state index in [9.17, 15) is 9.18 Å². The van der Waals surface area contributed by atoms with Gasteiger partial charge in [-0.05, 0) is 49.1 Å². The van der Waals surface area contributed by atoms with Crippen molar-refractivity contribution in [2.75, 3.05) is 26.2 Å². The van der Waals surface area contributed by atoms with E-state index in [0.29, 0.717) is 36.9 Å². The molecule has 1 aliphatic carbocycles. The van der Waals surface area contributed by atoms with Gasteiger partial charge in [-0.3, -0.25) is 4.79 Å². The molecule has 2 saturated heterocycles. The number of amides is 1. The highest BCUT2D eigenvalue weighted by molar-refractivity contribution is 5.85. The van der Waals surface area contributed by atoms with E-state index in [1.54, 1.807) is 6.07 Å². The smallest absolute Gasteiger partial charge is 0.231 e. The van der Waals surface area contributed by atoms with Gasteiger partial charge < -0.3 is 10.2 Å². The quantitative estimate of drug-likeness (QED) is 0.930. The SMILES string of the molecule is O=C(N1CC2CCCC(C2)C1)C1(Cc2ccccc2F)CNC1. The summed E-state index contributed by atoms with van der Waals surface area (Å²) >= 11 is 0. The number of carbonyl (C=O) groups excluding carboxylic acids is 1. The number of benzene rings is 1. The van der Waals surface area contributed by atoms with Crippen LogP contribution in [-0.2, 0) is 11.2 Å². The molecule has 2 bridgehead atoms. The molecule has 2 atom stereocenters. The van der Waals surface area contributed by atoms with Crippen LogP contribution in [-0.4, -0.2) is 37.0 Å². The van der Waals surface area contributed by atoms with Gasteiger partial charge in [0.05, 0.1) is 5.41 Å². The number of carbonyl (C=O) groups is 1. The Hall–Kier alpha value is -1.42. The summed E-state index contributed by atoms with van der Waals surface area (Å²) < 4.78 is 14.0. The second kappa shape index (κ2) is 5.90. The molecule has 1 amide bonds. The molecule has 1 saturated carbocycles. The first kappa shape index (κ1) is 15.1. The molecular formula is C19H25FN2O. The summed E-state index contributed by atoms with van der Waals surface area (Å²) in [5.41, 5.74) is 0.230. The van der Waals surface area contributed by atoms with Gasteiger partial charge in [0.1, 0.15) is 5.82 Å². The Kier molecular flexibility index (Phi) is 3.88. The monoisotopic (exact) mass is 316 g/mol. The zero-order valence-electron chi connectivity index (χ0n) is 13.6. The van der Waals surface area contributed by atoms with Crippen LogP contribution >= 0.6 is 0 Å². The normalized spacial score (nSPS) is 29.0. The molecular weight excluding hydrogens is 291 g/mol. The first-order valence-corrected chi connectivity index (χ1v) is 8.90.